The maximum Gasteiger partial charge on any atom is 0.0726 e. The zero-order chi connectivity index (χ0) is 11.6. The minimum absolute atomic E-state index is 0.137. The summed E-state index contributed by atoms with van der Waals surface area (Å²) in [4.78, 5) is 0. The summed E-state index contributed by atoms with van der Waals surface area (Å²) in [5, 5.41) is 7.77. The Hall–Kier alpha value is -0.870. The molecular weight excluding hydrogens is 202 g/mol. The predicted octanol–water partition coefficient (Wildman–Crippen LogP) is 1.12. The fourth-order valence-electron chi connectivity index (χ4n) is 2.19. The molecule has 0 spiro atoms. The molecule has 1 aromatic rings. The maximum atomic E-state index is 5.60. The maximum absolute atomic E-state index is 5.60. The Kier molecular flexibility index (Phi) is 3.30. The Morgan fingerprint density at radius 3 is 3.06 bits per heavy atom. The summed E-state index contributed by atoms with van der Waals surface area (Å²) in [6.45, 7) is 6.23. The van der Waals surface area contributed by atoms with E-state index in [9.17, 15) is 0 Å². The van der Waals surface area contributed by atoms with Crippen LogP contribution in [0.1, 0.15) is 26.0 Å². The average molecular weight is 223 g/mol. The first kappa shape index (κ1) is 11.6. The molecule has 1 aliphatic rings. The van der Waals surface area contributed by atoms with Crippen LogP contribution >= 0.6 is 0 Å². The molecule has 0 radical (unpaired) electrons. The molecule has 0 bridgehead atoms. The third-order valence-corrected chi connectivity index (χ3v) is 3.72. The van der Waals surface area contributed by atoms with E-state index in [4.69, 9.17) is 4.74 Å². The lowest BCUT2D eigenvalue weighted by Crippen LogP contribution is -2.48. The highest BCUT2D eigenvalue weighted by molar-refractivity contribution is 5.01. The van der Waals surface area contributed by atoms with Gasteiger partial charge in [-0.2, -0.15) is 5.10 Å². The summed E-state index contributed by atoms with van der Waals surface area (Å²) in [5.74, 6) is 0. The Labute approximate surface area is 97.0 Å². The van der Waals surface area contributed by atoms with Crippen molar-refractivity contribution in [2.75, 3.05) is 13.2 Å². The van der Waals surface area contributed by atoms with Gasteiger partial charge in [0.2, 0.25) is 0 Å². The molecule has 2 heterocycles. The molecule has 0 saturated carbocycles. The number of ether oxygens (including phenoxy) is 1. The molecule has 1 aromatic heterocycles. The number of hydrogen-bond acceptors (Lipinski definition) is 3. The second-order valence-electron chi connectivity index (χ2n) is 4.80. The number of nitrogens with zero attached hydrogens (tertiary/aromatic N) is 2. The second kappa shape index (κ2) is 4.55. The number of aryl methyl sites for hydroxylation is 1. The zero-order valence-electron chi connectivity index (χ0n) is 10.4. The van der Waals surface area contributed by atoms with Crippen LogP contribution in [0.15, 0.2) is 12.3 Å². The minimum atomic E-state index is 0.137. The third kappa shape index (κ3) is 2.28. The molecule has 2 atom stereocenters. The summed E-state index contributed by atoms with van der Waals surface area (Å²) in [5.41, 5.74) is 1.40. The highest BCUT2D eigenvalue weighted by atomic mass is 16.5. The van der Waals surface area contributed by atoms with Gasteiger partial charge in [-0.3, -0.25) is 4.68 Å². The Morgan fingerprint density at radius 2 is 2.50 bits per heavy atom. The quantitative estimate of drug-likeness (QED) is 0.831. The van der Waals surface area contributed by atoms with E-state index in [1.807, 2.05) is 17.9 Å². The van der Waals surface area contributed by atoms with E-state index in [1.165, 1.54) is 5.69 Å². The van der Waals surface area contributed by atoms with Crippen LogP contribution in [-0.2, 0) is 18.2 Å². The number of hydrogen-bond donors (Lipinski definition) is 1. The van der Waals surface area contributed by atoms with E-state index in [0.717, 1.165) is 26.0 Å². The van der Waals surface area contributed by atoms with Gasteiger partial charge in [-0.1, -0.05) is 0 Å². The van der Waals surface area contributed by atoms with Crippen LogP contribution in [0.5, 0.6) is 0 Å². The van der Waals surface area contributed by atoms with E-state index in [0.29, 0.717) is 6.10 Å². The lowest BCUT2D eigenvalue weighted by Gasteiger charge is -2.29. The molecule has 0 aliphatic carbocycles. The van der Waals surface area contributed by atoms with Crippen molar-refractivity contribution >= 4 is 0 Å². The molecule has 16 heavy (non-hydrogen) atoms. The zero-order valence-corrected chi connectivity index (χ0v) is 10.4. The Balaban J connectivity index is 1.82. The van der Waals surface area contributed by atoms with Crippen molar-refractivity contribution in [3.63, 3.8) is 0 Å². The molecule has 4 nitrogen and oxygen atoms in total. The van der Waals surface area contributed by atoms with Gasteiger partial charge in [0.1, 0.15) is 0 Å². The first-order chi connectivity index (χ1) is 7.62. The van der Waals surface area contributed by atoms with Crippen LogP contribution in [0.4, 0.5) is 0 Å². The smallest absolute Gasteiger partial charge is 0.0726 e. The van der Waals surface area contributed by atoms with Crippen molar-refractivity contribution in [2.24, 2.45) is 7.05 Å². The van der Waals surface area contributed by atoms with Crippen LogP contribution in [0.25, 0.3) is 0 Å². The van der Waals surface area contributed by atoms with Gasteiger partial charge in [0.05, 0.1) is 6.10 Å². The van der Waals surface area contributed by atoms with Crippen molar-refractivity contribution in [2.45, 2.75) is 38.3 Å². The standard InChI is InChI=1S/C12H21N3O/c1-10-12(2,6-9-16-10)13-7-4-11-5-8-14-15(11)3/h5,8,10,13H,4,6-7,9H2,1-3H3. The fraction of sp³-hybridized carbons (Fsp3) is 0.750. The summed E-state index contributed by atoms with van der Waals surface area (Å²) >= 11 is 0. The lowest BCUT2D eigenvalue weighted by molar-refractivity contribution is 0.0889. The molecular formula is C12H21N3O. The van der Waals surface area contributed by atoms with Crippen LogP contribution < -0.4 is 5.32 Å². The van der Waals surface area contributed by atoms with Crippen molar-refractivity contribution in [1.29, 1.82) is 0 Å². The van der Waals surface area contributed by atoms with Gasteiger partial charge in [0.15, 0.2) is 0 Å². The molecule has 90 valence electrons. The third-order valence-electron chi connectivity index (χ3n) is 3.72. The summed E-state index contributed by atoms with van der Waals surface area (Å²) in [7, 11) is 1.98. The van der Waals surface area contributed by atoms with Crippen molar-refractivity contribution in [1.82, 2.24) is 15.1 Å². The largest absolute Gasteiger partial charge is 0.377 e. The first-order valence-corrected chi connectivity index (χ1v) is 5.95. The van der Waals surface area contributed by atoms with Crippen molar-refractivity contribution in [3.05, 3.63) is 18.0 Å². The summed E-state index contributed by atoms with van der Waals surface area (Å²) in [6.07, 6.45) is 4.26. The summed E-state index contributed by atoms with van der Waals surface area (Å²) in [6, 6.07) is 2.07. The first-order valence-electron chi connectivity index (χ1n) is 5.95. The number of aromatic nitrogens is 2. The lowest BCUT2D eigenvalue weighted by atomic mass is 9.94. The highest BCUT2D eigenvalue weighted by Gasteiger charge is 2.36. The molecule has 2 unspecified atom stereocenters. The normalized spacial score (nSPS) is 29.8. The van der Waals surface area contributed by atoms with E-state index < -0.39 is 0 Å². The van der Waals surface area contributed by atoms with E-state index in [1.54, 1.807) is 0 Å². The van der Waals surface area contributed by atoms with Crippen LogP contribution in [-0.4, -0.2) is 34.6 Å². The number of nitrogens with one attached hydrogen (secondary N) is 1. The van der Waals surface area contributed by atoms with Crippen LogP contribution in [0.3, 0.4) is 0 Å². The fourth-order valence-corrected chi connectivity index (χ4v) is 2.19. The monoisotopic (exact) mass is 223 g/mol. The van der Waals surface area contributed by atoms with Gasteiger partial charge in [0.25, 0.3) is 0 Å². The topological polar surface area (TPSA) is 39.1 Å². The average Bonchev–Trinajstić information content (AvgIpc) is 2.77. The van der Waals surface area contributed by atoms with E-state index in [2.05, 4.69) is 30.3 Å². The number of rotatable bonds is 4. The van der Waals surface area contributed by atoms with Gasteiger partial charge in [-0.25, -0.2) is 0 Å². The van der Waals surface area contributed by atoms with Gasteiger partial charge in [0, 0.05) is 44.0 Å². The molecule has 1 fully saturated rings. The Morgan fingerprint density at radius 1 is 1.69 bits per heavy atom. The second-order valence-corrected chi connectivity index (χ2v) is 4.80. The highest BCUT2D eigenvalue weighted by Crippen LogP contribution is 2.24. The van der Waals surface area contributed by atoms with Gasteiger partial charge < -0.3 is 10.1 Å². The molecule has 4 heteroatoms. The van der Waals surface area contributed by atoms with Gasteiger partial charge in [-0.15, -0.1) is 0 Å². The van der Waals surface area contributed by atoms with Gasteiger partial charge in [-0.05, 0) is 26.3 Å². The van der Waals surface area contributed by atoms with Gasteiger partial charge >= 0.3 is 0 Å². The predicted molar refractivity (Wildman–Crippen MR) is 63.4 cm³/mol. The van der Waals surface area contributed by atoms with E-state index in [-0.39, 0.29) is 5.54 Å². The molecule has 1 aliphatic heterocycles. The van der Waals surface area contributed by atoms with Crippen LogP contribution in [0.2, 0.25) is 0 Å². The summed E-state index contributed by atoms with van der Waals surface area (Å²) < 4.78 is 7.53. The molecule has 0 aromatic carbocycles. The molecule has 1 saturated heterocycles. The minimum Gasteiger partial charge on any atom is -0.377 e. The molecule has 0 amide bonds. The van der Waals surface area contributed by atoms with Crippen LogP contribution in [0, 0.1) is 0 Å². The van der Waals surface area contributed by atoms with E-state index >= 15 is 0 Å². The van der Waals surface area contributed by atoms with Crippen molar-refractivity contribution in [3.8, 4) is 0 Å². The van der Waals surface area contributed by atoms with Crippen molar-refractivity contribution < 1.29 is 4.74 Å². The Bertz CT molecular complexity index is 350. The SMILES string of the molecule is CC1OCCC1(C)NCCc1ccnn1C. The molecule has 2 rings (SSSR count). The molecule has 1 N–H and O–H groups in total.